The normalized spacial score (nSPS) is 12.2. The van der Waals surface area contributed by atoms with Crippen LogP contribution in [0.4, 0.5) is 0 Å². The summed E-state index contributed by atoms with van der Waals surface area (Å²) in [4.78, 5) is 11.7. The van der Waals surface area contributed by atoms with Crippen molar-refractivity contribution in [3.05, 3.63) is 54.0 Å². The van der Waals surface area contributed by atoms with Crippen LogP contribution < -0.4 is 10.1 Å². The van der Waals surface area contributed by atoms with Gasteiger partial charge in [0.25, 0.3) is 0 Å². The fraction of sp³-hybridized carbons (Fsp3) is 0.389. The van der Waals surface area contributed by atoms with E-state index in [4.69, 9.17) is 9.15 Å². The Kier molecular flexibility index (Phi) is 6.23. The first-order chi connectivity index (χ1) is 11.1. The van der Waals surface area contributed by atoms with E-state index in [2.05, 4.69) is 19.2 Å². The molecule has 1 aromatic carbocycles. The molecule has 0 aliphatic heterocycles. The van der Waals surface area contributed by atoms with E-state index in [0.717, 1.165) is 5.75 Å². The zero-order valence-electron chi connectivity index (χ0n) is 13.5. The second kappa shape index (κ2) is 8.39. The monoisotopic (exact) mass is 317 g/mol. The van der Waals surface area contributed by atoms with E-state index in [9.17, 15) is 9.90 Å². The van der Waals surface area contributed by atoms with Crippen molar-refractivity contribution < 1.29 is 19.1 Å². The predicted molar refractivity (Wildman–Crippen MR) is 87.3 cm³/mol. The summed E-state index contributed by atoms with van der Waals surface area (Å²) >= 11 is 0. The summed E-state index contributed by atoms with van der Waals surface area (Å²) in [5.74, 6) is 1.49. The minimum absolute atomic E-state index is 0.120. The summed E-state index contributed by atoms with van der Waals surface area (Å²) in [5, 5.41) is 12.4. The first kappa shape index (κ1) is 17.1. The van der Waals surface area contributed by atoms with Crippen LogP contribution in [0.3, 0.4) is 0 Å². The molecule has 5 heteroatoms. The van der Waals surface area contributed by atoms with Gasteiger partial charge in [0.2, 0.25) is 5.91 Å². The number of hydrogen-bond donors (Lipinski definition) is 2. The molecule has 2 N–H and O–H groups in total. The number of amides is 1. The SMILES string of the molecule is CC(C)c1ccc(OCCC(=O)NCC(O)c2ccco2)cc1. The first-order valence-corrected chi connectivity index (χ1v) is 7.77. The van der Waals surface area contributed by atoms with E-state index in [0.29, 0.717) is 18.3 Å². The Morgan fingerprint density at radius 3 is 2.61 bits per heavy atom. The molecule has 0 radical (unpaired) electrons. The third kappa shape index (κ3) is 5.45. The summed E-state index contributed by atoms with van der Waals surface area (Å²) in [7, 11) is 0. The highest BCUT2D eigenvalue weighted by Crippen LogP contribution is 2.18. The highest BCUT2D eigenvalue weighted by Gasteiger charge is 2.11. The van der Waals surface area contributed by atoms with Crippen LogP contribution in [-0.4, -0.2) is 24.2 Å². The van der Waals surface area contributed by atoms with Gasteiger partial charge in [-0.25, -0.2) is 0 Å². The van der Waals surface area contributed by atoms with Crippen LogP contribution in [0.15, 0.2) is 47.1 Å². The number of benzene rings is 1. The lowest BCUT2D eigenvalue weighted by atomic mass is 10.0. The molecular weight excluding hydrogens is 294 g/mol. The molecule has 124 valence electrons. The fourth-order valence-electron chi connectivity index (χ4n) is 2.09. The summed E-state index contributed by atoms with van der Waals surface area (Å²) in [6.45, 7) is 4.69. The molecule has 5 nitrogen and oxygen atoms in total. The van der Waals surface area contributed by atoms with Gasteiger partial charge < -0.3 is 19.6 Å². The Morgan fingerprint density at radius 2 is 2.00 bits per heavy atom. The van der Waals surface area contributed by atoms with E-state index in [1.54, 1.807) is 12.1 Å². The number of aliphatic hydroxyl groups is 1. The fourth-order valence-corrected chi connectivity index (χ4v) is 2.09. The van der Waals surface area contributed by atoms with Crippen LogP contribution in [0.25, 0.3) is 0 Å². The number of carbonyl (C=O) groups is 1. The summed E-state index contributed by atoms with van der Waals surface area (Å²) in [6.07, 6.45) is 0.883. The van der Waals surface area contributed by atoms with Crippen molar-refractivity contribution in [1.29, 1.82) is 0 Å². The average Bonchev–Trinajstić information content (AvgIpc) is 3.07. The Bertz CT molecular complexity index is 590. The van der Waals surface area contributed by atoms with E-state index in [1.165, 1.54) is 11.8 Å². The van der Waals surface area contributed by atoms with Crippen LogP contribution in [0, 0.1) is 0 Å². The van der Waals surface area contributed by atoms with Gasteiger partial charge >= 0.3 is 0 Å². The van der Waals surface area contributed by atoms with Gasteiger partial charge in [0, 0.05) is 0 Å². The van der Waals surface area contributed by atoms with E-state index in [1.807, 2.05) is 24.3 Å². The second-order valence-electron chi connectivity index (χ2n) is 5.66. The van der Waals surface area contributed by atoms with Crippen molar-refractivity contribution in [3.8, 4) is 5.75 Å². The first-order valence-electron chi connectivity index (χ1n) is 7.77. The Balaban J connectivity index is 1.66. The molecule has 0 fully saturated rings. The van der Waals surface area contributed by atoms with Crippen LogP contribution in [0.5, 0.6) is 5.75 Å². The molecule has 1 atom stereocenters. The number of carbonyl (C=O) groups excluding carboxylic acids is 1. The minimum Gasteiger partial charge on any atom is -0.493 e. The van der Waals surface area contributed by atoms with Crippen LogP contribution >= 0.6 is 0 Å². The van der Waals surface area contributed by atoms with E-state index < -0.39 is 6.10 Å². The zero-order valence-corrected chi connectivity index (χ0v) is 13.5. The molecule has 0 spiro atoms. The quantitative estimate of drug-likeness (QED) is 0.785. The predicted octanol–water partition coefficient (Wildman–Crippen LogP) is 3.02. The van der Waals surface area contributed by atoms with Crippen LogP contribution in [-0.2, 0) is 4.79 Å². The van der Waals surface area contributed by atoms with Gasteiger partial charge in [0.15, 0.2) is 0 Å². The molecule has 1 heterocycles. The zero-order chi connectivity index (χ0) is 16.7. The summed E-state index contributed by atoms with van der Waals surface area (Å²) in [5.41, 5.74) is 1.25. The molecule has 2 aromatic rings. The van der Waals surface area contributed by atoms with Crippen molar-refractivity contribution in [3.63, 3.8) is 0 Å². The molecule has 1 aromatic heterocycles. The van der Waals surface area contributed by atoms with Crippen molar-refractivity contribution in [2.45, 2.75) is 32.3 Å². The van der Waals surface area contributed by atoms with Crippen molar-refractivity contribution in [2.24, 2.45) is 0 Å². The molecular formula is C18H23NO4. The largest absolute Gasteiger partial charge is 0.493 e. The molecule has 1 unspecified atom stereocenters. The number of rotatable bonds is 8. The summed E-state index contributed by atoms with van der Waals surface area (Å²) in [6, 6.07) is 11.2. The Labute approximate surface area is 136 Å². The molecule has 0 saturated carbocycles. The van der Waals surface area contributed by atoms with Crippen molar-refractivity contribution in [1.82, 2.24) is 5.32 Å². The molecule has 2 rings (SSSR count). The lowest BCUT2D eigenvalue weighted by Crippen LogP contribution is -2.29. The number of ether oxygens (including phenoxy) is 1. The lowest BCUT2D eigenvalue weighted by Gasteiger charge is -2.11. The van der Waals surface area contributed by atoms with Crippen molar-refractivity contribution in [2.75, 3.05) is 13.2 Å². The maximum Gasteiger partial charge on any atom is 0.223 e. The standard InChI is InChI=1S/C18H23NO4/c1-13(2)14-5-7-15(8-6-14)22-11-9-18(21)19-12-16(20)17-4-3-10-23-17/h3-8,10,13,16,20H,9,11-12H2,1-2H3,(H,19,21). The van der Waals surface area contributed by atoms with E-state index in [-0.39, 0.29) is 18.9 Å². The molecule has 23 heavy (non-hydrogen) atoms. The van der Waals surface area contributed by atoms with Gasteiger partial charge in [-0.3, -0.25) is 4.79 Å². The number of hydrogen-bond acceptors (Lipinski definition) is 4. The third-order valence-corrected chi connectivity index (χ3v) is 3.51. The van der Waals surface area contributed by atoms with Gasteiger partial charge in [-0.15, -0.1) is 0 Å². The minimum atomic E-state index is -0.835. The second-order valence-corrected chi connectivity index (χ2v) is 5.66. The van der Waals surface area contributed by atoms with Crippen molar-refractivity contribution >= 4 is 5.91 Å². The van der Waals surface area contributed by atoms with Gasteiger partial charge in [0.05, 0.1) is 25.8 Å². The Morgan fingerprint density at radius 1 is 1.26 bits per heavy atom. The maximum absolute atomic E-state index is 11.7. The number of aliphatic hydroxyl groups excluding tert-OH is 1. The smallest absolute Gasteiger partial charge is 0.223 e. The van der Waals surface area contributed by atoms with Gasteiger partial charge in [0.1, 0.15) is 17.6 Å². The van der Waals surface area contributed by atoms with Crippen LogP contribution in [0.1, 0.15) is 43.6 Å². The topological polar surface area (TPSA) is 71.7 Å². The molecule has 0 aliphatic rings. The highest BCUT2D eigenvalue weighted by atomic mass is 16.5. The number of nitrogens with one attached hydrogen (secondary N) is 1. The maximum atomic E-state index is 11.7. The van der Waals surface area contributed by atoms with Gasteiger partial charge in [-0.2, -0.15) is 0 Å². The van der Waals surface area contributed by atoms with Gasteiger partial charge in [-0.1, -0.05) is 26.0 Å². The highest BCUT2D eigenvalue weighted by molar-refractivity contribution is 5.76. The van der Waals surface area contributed by atoms with E-state index >= 15 is 0 Å². The molecule has 0 aliphatic carbocycles. The summed E-state index contributed by atoms with van der Waals surface area (Å²) < 4.78 is 10.6. The molecule has 0 saturated heterocycles. The third-order valence-electron chi connectivity index (χ3n) is 3.51. The average molecular weight is 317 g/mol. The molecule has 0 bridgehead atoms. The molecule has 1 amide bonds. The Hall–Kier alpha value is -2.27. The van der Waals surface area contributed by atoms with Crippen LogP contribution in [0.2, 0.25) is 0 Å². The lowest BCUT2D eigenvalue weighted by molar-refractivity contribution is -0.122. The number of furan rings is 1. The van der Waals surface area contributed by atoms with Gasteiger partial charge in [-0.05, 0) is 35.7 Å².